The Labute approximate surface area is 155 Å². The summed E-state index contributed by atoms with van der Waals surface area (Å²) in [5, 5.41) is 0.873. The van der Waals surface area contributed by atoms with Crippen LogP contribution in [0.25, 0.3) is 0 Å². The van der Waals surface area contributed by atoms with Gasteiger partial charge in [-0.1, -0.05) is 6.92 Å². The Morgan fingerprint density at radius 3 is 2.84 bits per heavy atom. The quantitative estimate of drug-likeness (QED) is 0.548. The number of hydrogen-bond donors (Lipinski definition) is 0. The van der Waals surface area contributed by atoms with Crippen LogP contribution >= 0.6 is 23.1 Å². The molecule has 6 heteroatoms. The first kappa shape index (κ1) is 17.8. The number of pyridine rings is 1. The lowest BCUT2D eigenvalue weighted by molar-refractivity contribution is 0.0719. The van der Waals surface area contributed by atoms with Crippen molar-refractivity contribution in [3.63, 3.8) is 0 Å². The molecule has 0 aliphatic rings. The van der Waals surface area contributed by atoms with Crippen molar-refractivity contribution in [2.24, 2.45) is 0 Å². The fourth-order valence-corrected chi connectivity index (χ4v) is 4.05. The topological polar surface area (TPSA) is 46.3 Å². The Balaban J connectivity index is 1.84. The molecule has 0 unspecified atom stereocenters. The number of furan rings is 1. The van der Waals surface area contributed by atoms with Crippen molar-refractivity contribution < 1.29 is 9.21 Å². The van der Waals surface area contributed by atoms with Crippen molar-refractivity contribution >= 4 is 29.0 Å². The Morgan fingerprint density at radius 1 is 1.28 bits per heavy atom. The molecule has 0 spiro atoms. The van der Waals surface area contributed by atoms with Crippen LogP contribution in [0.2, 0.25) is 0 Å². The molecule has 0 saturated carbocycles. The number of amides is 1. The lowest BCUT2D eigenvalue weighted by atomic mass is 10.2. The third-order valence-electron chi connectivity index (χ3n) is 3.63. The average molecular weight is 373 g/mol. The van der Waals surface area contributed by atoms with Crippen LogP contribution in [0.4, 0.5) is 0 Å². The van der Waals surface area contributed by atoms with Gasteiger partial charge in [-0.3, -0.25) is 4.79 Å². The highest BCUT2D eigenvalue weighted by Gasteiger charge is 2.19. The molecule has 4 nitrogen and oxygen atoms in total. The summed E-state index contributed by atoms with van der Waals surface area (Å²) in [6.07, 6.45) is 3.33. The normalized spacial score (nSPS) is 10.8. The molecule has 0 radical (unpaired) electrons. The SMILES string of the molecule is CCSc1cc(C(=O)N(Cc2ccco2)Cc2ccc(C)s2)ccn1. The number of hydrogen-bond acceptors (Lipinski definition) is 5. The number of carbonyl (C=O) groups excluding carboxylic acids is 1. The van der Waals surface area contributed by atoms with Crippen LogP contribution < -0.4 is 0 Å². The van der Waals surface area contributed by atoms with Crippen LogP contribution in [-0.4, -0.2) is 21.5 Å². The summed E-state index contributed by atoms with van der Waals surface area (Å²) < 4.78 is 5.45. The van der Waals surface area contributed by atoms with E-state index >= 15 is 0 Å². The molecule has 3 aromatic rings. The fourth-order valence-electron chi connectivity index (χ4n) is 2.50. The predicted octanol–water partition coefficient (Wildman–Crippen LogP) is 5.00. The Kier molecular flexibility index (Phi) is 5.94. The molecule has 3 heterocycles. The zero-order valence-electron chi connectivity index (χ0n) is 14.3. The van der Waals surface area contributed by atoms with Gasteiger partial charge in [-0.15, -0.1) is 23.1 Å². The first-order chi connectivity index (χ1) is 12.2. The number of carbonyl (C=O) groups is 1. The van der Waals surface area contributed by atoms with Gasteiger partial charge in [0.2, 0.25) is 0 Å². The van der Waals surface area contributed by atoms with Crippen molar-refractivity contribution in [2.45, 2.75) is 32.0 Å². The van der Waals surface area contributed by atoms with E-state index in [1.54, 1.807) is 41.6 Å². The van der Waals surface area contributed by atoms with Crippen molar-refractivity contribution in [1.82, 2.24) is 9.88 Å². The Morgan fingerprint density at radius 2 is 2.16 bits per heavy atom. The smallest absolute Gasteiger partial charge is 0.254 e. The van der Waals surface area contributed by atoms with Crippen molar-refractivity contribution in [3.05, 3.63) is 69.9 Å². The molecular formula is C19H20N2O2S2. The largest absolute Gasteiger partial charge is 0.467 e. The highest BCUT2D eigenvalue weighted by molar-refractivity contribution is 7.99. The lowest BCUT2D eigenvalue weighted by Gasteiger charge is -2.21. The second-order valence-electron chi connectivity index (χ2n) is 5.57. The number of nitrogens with zero attached hydrogens (tertiary/aromatic N) is 2. The van der Waals surface area contributed by atoms with Crippen LogP contribution in [0.15, 0.2) is 58.3 Å². The molecule has 0 aliphatic heterocycles. The van der Waals surface area contributed by atoms with E-state index in [0.29, 0.717) is 18.7 Å². The van der Waals surface area contributed by atoms with Gasteiger partial charge in [0.15, 0.2) is 0 Å². The second kappa shape index (κ2) is 8.36. The van der Waals surface area contributed by atoms with Gasteiger partial charge >= 0.3 is 0 Å². The minimum Gasteiger partial charge on any atom is -0.467 e. The van der Waals surface area contributed by atoms with Gasteiger partial charge in [-0.25, -0.2) is 4.98 Å². The minimum atomic E-state index is -0.0113. The molecule has 1 amide bonds. The number of thioether (sulfide) groups is 1. The molecule has 0 aromatic carbocycles. The van der Waals surface area contributed by atoms with E-state index in [4.69, 9.17) is 4.42 Å². The zero-order valence-corrected chi connectivity index (χ0v) is 15.9. The van der Waals surface area contributed by atoms with Gasteiger partial charge < -0.3 is 9.32 Å². The third-order valence-corrected chi connectivity index (χ3v) is 5.42. The van der Waals surface area contributed by atoms with Crippen LogP contribution in [0.5, 0.6) is 0 Å². The minimum absolute atomic E-state index is 0.0113. The molecule has 0 aliphatic carbocycles. The molecule has 0 N–H and O–H groups in total. The molecule has 0 fully saturated rings. The van der Waals surface area contributed by atoms with Gasteiger partial charge in [-0.05, 0) is 49.1 Å². The lowest BCUT2D eigenvalue weighted by Crippen LogP contribution is -2.29. The van der Waals surface area contributed by atoms with E-state index in [2.05, 4.69) is 31.0 Å². The molecule has 0 bridgehead atoms. The first-order valence-electron chi connectivity index (χ1n) is 8.11. The maximum atomic E-state index is 13.1. The Bertz CT molecular complexity index is 828. The summed E-state index contributed by atoms with van der Waals surface area (Å²) in [6.45, 7) is 5.16. The summed E-state index contributed by atoms with van der Waals surface area (Å²) >= 11 is 3.34. The molecular weight excluding hydrogens is 352 g/mol. The number of rotatable bonds is 7. The van der Waals surface area contributed by atoms with Crippen LogP contribution in [-0.2, 0) is 13.1 Å². The monoisotopic (exact) mass is 372 g/mol. The van der Waals surface area contributed by atoms with Gasteiger partial charge in [0.05, 0.1) is 24.4 Å². The molecule has 3 aromatic heterocycles. The first-order valence-corrected chi connectivity index (χ1v) is 9.91. The zero-order chi connectivity index (χ0) is 17.6. The van der Waals surface area contributed by atoms with E-state index in [9.17, 15) is 4.79 Å². The third kappa shape index (κ3) is 4.74. The van der Waals surface area contributed by atoms with Crippen molar-refractivity contribution in [3.8, 4) is 0 Å². The summed E-state index contributed by atoms with van der Waals surface area (Å²) in [5.41, 5.74) is 0.658. The number of aromatic nitrogens is 1. The molecule has 0 saturated heterocycles. The summed E-state index contributed by atoms with van der Waals surface area (Å²) in [6, 6.07) is 11.5. The molecule has 3 rings (SSSR count). The van der Waals surface area contributed by atoms with E-state index in [-0.39, 0.29) is 5.91 Å². The highest BCUT2D eigenvalue weighted by Crippen LogP contribution is 2.22. The van der Waals surface area contributed by atoms with Gasteiger partial charge in [-0.2, -0.15) is 0 Å². The average Bonchev–Trinajstić information content (AvgIpc) is 3.26. The van der Waals surface area contributed by atoms with Crippen LogP contribution in [0, 0.1) is 6.92 Å². The van der Waals surface area contributed by atoms with Gasteiger partial charge in [0.25, 0.3) is 5.91 Å². The van der Waals surface area contributed by atoms with E-state index in [0.717, 1.165) is 21.4 Å². The standard InChI is InChI=1S/C19H20N2O2S2/c1-3-24-18-11-15(8-9-20-18)19(22)21(12-16-5-4-10-23-16)13-17-7-6-14(2)25-17/h4-11H,3,12-13H2,1-2H3. The Hall–Kier alpha value is -2.05. The molecule has 130 valence electrons. The highest BCUT2D eigenvalue weighted by atomic mass is 32.2. The maximum absolute atomic E-state index is 13.1. The second-order valence-corrected chi connectivity index (χ2v) is 8.23. The predicted molar refractivity (Wildman–Crippen MR) is 102 cm³/mol. The van der Waals surface area contributed by atoms with E-state index < -0.39 is 0 Å². The van der Waals surface area contributed by atoms with Crippen LogP contribution in [0.3, 0.4) is 0 Å². The maximum Gasteiger partial charge on any atom is 0.254 e. The number of thiophene rings is 1. The van der Waals surface area contributed by atoms with Gasteiger partial charge in [0.1, 0.15) is 5.76 Å². The summed E-state index contributed by atoms with van der Waals surface area (Å²) in [7, 11) is 0. The fraction of sp³-hybridized carbons (Fsp3) is 0.263. The van der Waals surface area contributed by atoms with Crippen LogP contribution in [0.1, 0.15) is 32.8 Å². The van der Waals surface area contributed by atoms with Crippen molar-refractivity contribution in [1.29, 1.82) is 0 Å². The molecule has 0 atom stereocenters. The van der Waals surface area contributed by atoms with Gasteiger partial charge in [0, 0.05) is 21.5 Å². The summed E-state index contributed by atoms with van der Waals surface area (Å²) in [4.78, 5) is 21.6. The number of aryl methyl sites for hydroxylation is 1. The van der Waals surface area contributed by atoms with Crippen molar-refractivity contribution in [2.75, 3.05) is 5.75 Å². The molecule has 25 heavy (non-hydrogen) atoms. The van der Waals surface area contributed by atoms with E-state index in [1.807, 2.05) is 23.1 Å². The van der Waals surface area contributed by atoms with E-state index in [1.165, 1.54) is 4.88 Å². The summed E-state index contributed by atoms with van der Waals surface area (Å²) in [5.74, 6) is 1.69.